The first kappa shape index (κ1) is 26.5. The lowest BCUT2D eigenvalue weighted by atomic mass is 9.94. The number of aliphatic hydroxyl groups excluding tert-OH is 1. The summed E-state index contributed by atoms with van der Waals surface area (Å²) in [4.78, 5) is 28.2. The Kier molecular flexibility index (Phi) is 7.82. The molecule has 1 aliphatic heterocycles. The average molecular weight is 511 g/mol. The van der Waals surface area contributed by atoms with Gasteiger partial charge in [-0.15, -0.1) is 0 Å². The number of amides is 1. The molecule has 0 saturated carbocycles. The summed E-state index contributed by atoms with van der Waals surface area (Å²) in [6.07, 6.45) is 0.803. The van der Waals surface area contributed by atoms with Crippen molar-refractivity contribution in [1.82, 2.24) is 0 Å². The number of Topliss-reactive ketones (excluding diaryl/α,β-unsaturated/α-hetero) is 1. The molecule has 0 spiro atoms. The molecular formula is C31H30N2O5. The molecule has 1 fully saturated rings. The Labute approximate surface area is 222 Å². The van der Waals surface area contributed by atoms with Crippen molar-refractivity contribution < 1.29 is 24.2 Å². The lowest BCUT2D eigenvalue weighted by Gasteiger charge is -2.26. The molecule has 3 aromatic carbocycles. The predicted octanol–water partition coefficient (Wildman–Crippen LogP) is 6.07. The number of ketones is 1. The highest BCUT2D eigenvalue weighted by molar-refractivity contribution is 6.51. The highest BCUT2D eigenvalue weighted by Gasteiger charge is 2.47. The van der Waals surface area contributed by atoms with Crippen molar-refractivity contribution in [2.24, 2.45) is 0 Å². The molecule has 194 valence electrons. The van der Waals surface area contributed by atoms with Crippen LogP contribution in [0, 0.1) is 18.3 Å². The standard InChI is InChI=1S/C31H30N2O5/c1-5-15-37-25-8-6-7-22(17-25)28-27(29(34)23-11-14-26(20(4)16-23)38-19(2)3)30(35)31(36)33(28)24-12-9-21(18-32)10-13-24/h6-14,16-17,19,28,34H,5,15H2,1-4H3/b29-27+. The number of anilines is 1. The van der Waals surface area contributed by atoms with Gasteiger partial charge in [-0.25, -0.2) is 0 Å². The predicted molar refractivity (Wildman–Crippen MR) is 145 cm³/mol. The SMILES string of the molecule is CCCOc1cccc(C2/C(=C(\O)c3ccc(OC(C)C)c(C)c3)C(=O)C(=O)N2c2ccc(C#N)cc2)c1. The zero-order chi connectivity index (χ0) is 27.4. The van der Waals surface area contributed by atoms with E-state index in [4.69, 9.17) is 9.47 Å². The Morgan fingerprint density at radius 1 is 1.08 bits per heavy atom. The van der Waals surface area contributed by atoms with Gasteiger partial charge in [0, 0.05) is 11.3 Å². The van der Waals surface area contributed by atoms with Crippen molar-refractivity contribution in [2.45, 2.75) is 46.3 Å². The van der Waals surface area contributed by atoms with E-state index in [2.05, 4.69) is 6.07 Å². The first-order chi connectivity index (χ1) is 18.2. The van der Waals surface area contributed by atoms with Gasteiger partial charge < -0.3 is 14.6 Å². The van der Waals surface area contributed by atoms with Crippen LogP contribution in [0.25, 0.3) is 5.76 Å². The molecular weight excluding hydrogens is 480 g/mol. The first-order valence-corrected chi connectivity index (χ1v) is 12.6. The van der Waals surface area contributed by atoms with Crippen molar-refractivity contribution in [3.05, 3.63) is 94.6 Å². The molecule has 3 aromatic rings. The summed E-state index contributed by atoms with van der Waals surface area (Å²) in [7, 11) is 0. The molecule has 1 aliphatic rings. The number of benzene rings is 3. The van der Waals surface area contributed by atoms with Crippen LogP contribution in [0.2, 0.25) is 0 Å². The molecule has 0 aliphatic carbocycles. The average Bonchev–Trinajstić information content (AvgIpc) is 3.18. The van der Waals surface area contributed by atoms with E-state index in [1.807, 2.05) is 33.8 Å². The fourth-order valence-corrected chi connectivity index (χ4v) is 4.44. The van der Waals surface area contributed by atoms with Crippen LogP contribution in [0.3, 0.4) is 0 Å². The third kappa shape index (κ3) is 5.25. The second-order valence-electron chi connectivity index (χ2n) is 9.40. The number of aryl methyl sites for hydroxylation is 1. The van der Waals surface area contributed by atoms with Crippen molar-refractivity contribution in [3.63, 3.8) is 0 Å². The van der Waals surface area contributed by atoms with Crippen LogP contribution in [0.1, 0.15) is 55.5 Å². The maximum atomic E-state index is 13.4. The maximum absolute atomic E-state index is 13.4. The molecule has 1 atom stereocenters. The molecule has 7 nitrogen and oxygen atoms in total. The quantitative estimate of drug-likeness (QED) is 0.224. The monoisotopic (exact) mass is 510 g/mol. The molecule has 0 bridgehead atoms. The number of carbonyl (C=O) groups is 2. The van der Waals surface area contributed by atoms with Crippen molar-refractivity contribution >= 4 is 23.1 Å². The Hall–Kier alpha value is -4.57. The fourth-order valence-electron chi connectivity index (χ4n) is 4.44. The van der Waals surface area contributed by atoms with Gasteiger partial charge in [-0.05, 0) is 92.9 Å². The van der Waals surface area contributed by atoms with Crippen LogP contribution >= 0.6 is 0 Å². The maximum Gasteiger partial charge on any atom is 0.300 e. The van der Waals surface area contributed by atoms with Crippen LogP contribution in [0.5, 0.6) is 11.5 Å². The van der Waals surface area contributed by atoms with E-state index in [1.54, 1.807) is 60.7 Å². The number of hydrogen-bond donors (Lipinski definition) is 1. The Morgan fingerprint density at radius 2 is 1.82 bits per heavy atom. The van der Waals surface area contributed by atoms with Gasteiger partial charge in [-0.2, -0.15) is 5.26 Å². The summed E-state index contributed by atoms with van der Waals surface area (Å²) in [6, 6.07) is 19.9. The van der Waals surface area contributed by atoms with Gasteiger partial charge in [-0.1, -0.05) is 19.1 Å². The highest BCUT2D eigenvalue weighted by Crippen LogP contribution is 2.43. The van der Waals surface area contributed by atoms with Gasteiger partial charge >= 0.3 is 0 Å². The summed E-state index contributed by atoms with van der Waals surface area (Å²) < 4.78 is 11.6. The first-order valence-electron chi connectivity index (χ1n) is 12.6. The van der Waals surface area contributed by atoms with Crippen LogP contribution in [0.4, 0.5) is 5.69 Å². The topological polar surface area (TPSA) is 99.9 Å². The molecule has 4 rings (SSSR count). The summed E-state index contributed by atoms with van der Waals surface area (Å²) >= 11 is 0. The third-order valence-corrected chi connectivity index (χ3v) is 6.18. The molecule has 1 N–H and O–H groups in total. The second kappa shape index (κ2) is 11.2. The summed E-state index contributed by atoms with van der Waals surface area (Å²) in [6.45, 7) is 8.23. The second-order valence-corrected chi connectivity index (χ2v) is 9.40. The number of nitriles is 1. The Balaban J connectivity index is 1.88. The normalized spacial score (nSPS) is 16.5. The third-order valence-electron chi connectivity index (χ3n) is 6.18. The lowest BCUT2D eigenvalue weighted by molar-refractivity contribution is -0.132. The largest absolute Gasteiger partial charge is 0.507 e. The van der Waals surface area contributed by atoms with E-state index in [0.29, 0.717) is 40.5 Å². The van der Waals surface area contributed by atoms with Gasteiger partial charge in [0.25, 0.3) is 11.7 Å². The van der Waals surface area contributed by atoms with Crippen LogP contribution in [-0.2, 0) is 9.59 Å². The van der Waals surface area contributed by atoms with E-state index in [0.717, 1.165) is 12.0 Å². The number of rotatable bonds is 8. The minimum absolute atomic E-state index is 0.0203. The molecule has 38 heavy (non-hydrogen) atoms. The molecule has 0 radical (unpaired) electrons. The van der Waals surface area contributed by atoms with Gasteiger partial charge in [-0.3, -0.25) is 14.5 Å². The van der Waals surface area contributed by atoms with E-state index in [-0.39, 0.29) is 17.4 Å². The van der Waals surface area contributed by atoms with Gasteiger partial charge in [0.15, 0.2) is 0 Å². The molecule has 7 heteroatoms. The van der Waals surface area contributed by atoms with E-state index in [9.17, 15) is 20.0 Å². The van der Waals surface area contributed by atoms with Gasteiger partial charge in [0.05, 0.1) is 36.0 Å². The number of aliphatic hydroxyl groups is 1. The lowest BCUT2D eigenvalue weighted by Crippen LogP contribution is -2.29. The minimum Gasteiger partial charge on any atom is -0.507 e. The van der Waals surface area contributed by atoms with Gasteiger partial charge in [0.2, 0.25) is 0 Å². The van der Waals surface area contributed by atoms with E-state index < -0.39 is 17.7 Å². The Morgan fingerprint density at radius 3 is 2.45 bits per heavy atom. The molecule has 1 amide bonds. The number of carbonyl (C=O) groups excluding carboxylic acids is 2. The smallest absolute Gasteiger partial charge is 0.300 e. The highest BCUT2D eigenvalue weighted by atomic mass is 16.5. The van der Waals surface area contributed by atoms with Crippen LogP contribution in [0.15, 0.2) is 72.3 Å². The number of nitrogens with zero attached hydrogens (tertiary/aromatic N) is 2. The zero-order valence-electron chi connectivity index (χ0n) is 21.9. The zero-order valence-corrected chi connectivity index (χ0v) is 21.9. The van der Waals surface area contributed by atoms with Crippen molar-refractivity contribution in [1.29, 1.82) is 5.26 Å². The number of hydrogen-bond acceptors (Lipinski definition) is 6. The minimum atomic E-state index is -0.903. The van der Waals surface area contributed by atoms with Crippen LogP contribution in [-0.4, -0.2) is 29.5 Å². The van der Waals surface area contributed by atoms with Crippen LogP contribution < -0.4 is 14.4 Å². The summed E-state index contributed by atoms with van der Waals surface area (Å²) in [5.74, 6) is -0.564. The summed E-state index contributed by atoms with van der Waals surface area (Å²) in [5, 5.41) is 20.7. The molecule has 1 unspecified atom stereocenters. The van der Waals surface area contributed by atoms with E-state index in [1.165, 1.54) is 4.90 Å². The summed E-state index contributed by atoms with van der Waals surface area (Å²) in [5.41, 5.74) is 2.64. The van der Waals surface area contributed by atoms with Crippen molar-refractivity contribution in [3.8, 4) is 17.6 Å². The number of ether oxygens (including phenoxy) is 2. The van der Waals surface area contributed by atoms with Gasteiger partial charge in [0.1, 0.15) is 17.3 Å². The van der Waals surface area contributed by atoms with Crippen molar-refractivity contribution in [2.75, 3.05) is 11.5 Å². The van der Waals surface area contributed by atoms with E-state index >= 15 is 0 Å². The molecule has 1 heterocycles. The molecule has 0 aromatic heterocycles. The fraction of sp³-hybridized carbons (Fsp3) is 0.258. The molecule has 1 saturated heterocycles. The Bertz CT molecular complexity index is 1430.